The van der Waals surface area contributed by atoms with Gasteiger partial charge < -0.3 is 10.4 Å². The van der Waals surface area contributed by atoms with Gasteiger partial charge in [-0.3, -0.25) is 0 Å². The van der Waals surface area contributed by atoms with Crippen molar-refractivity contribution >= 4 is 6.09 Å². The van der Waals surface area contributed by atoms with E-state index in [1.807, 2.05) is 0 Å². The first kappa shape index (κ1) is 11.3. The summed E-state index contributed by atoms with van der Waals surface area (Å²) in [5.74, 6) is 0. The van der Waals surface area contributed by atoms with Crippen molar-refractivity contribution in [1.82, 2.24) is 5.32 Å². The molecule has 0 saturated heterocycles. The van der Waals surface area contributed by atoms with Crippen LogP contribution in [0.4, 0.5) is 4.79 Å². The fourth-order valence-corrected chi connectivity index (χ4v) is 0.562. The topological polar surface area (TPSA) is 49.3 Å². The first-order valence-corrected chi connectivity index (χ1v) is 4.13. The molecule has 72 valence electrons. The molecule has 2 N–H and O–H groups in total. The van der Waals surface area contributed by atoms with E-state index in [2.05, 4.69) is 39.9 Å². The summed E-state index contributed by atoms with van der Waals surface area (Å²) in [6.07, 6.45) is -0.952. The molecule has 0 bridgehead atoms. The third kappa shape index (κ3) is 3.11. The van der Waals surface area contributed by atoms with Gasteiger partial charge in [-0.2, -0.15) is 0 Å². The second kappa shape index (κ2) is 3.33. The lowest BCUT2D eigenvalue weighted by Gasteiger charge is -2.38. The van der Waals surface area contributed by atoms with Crippen LogP contribution in [0.1, 0.15) is 34.6 Å². The predicted octanol–water partition coefficient (Wildman–Crippen LogP) is 2.33. The van der Waals surface area contributed by atoms with Crippen molar-refractivity contribution in [2.75, 3.05) is 6.54 Å². The molecule has 0 fully saturated rings. The van der Waals surface area contributed by atoms with E-state index in [4.69, 9.17) is 5.11 Å². The van der Waals surface area contributed by atoms with Crippen LogP contribution in [0.25, 0.3) is 0 Å². The number of nitrogens with one attached hydrogen (secondary N) is 1. The Morgan fingerprint density at radius 1 is 1.25 bits per heavy atom. The van der Waals surface area contributed by atoms with Crippen molar-refractivity contribution in [2.24, 2.45) is 10.8 Å². The zero-order valence-corrected chi connectivity index (χ0v) is 8.56. The monoisotopic (exact) mass is 173 g/mol. The van der Waals surface area contributed by atoms with Gasteiger partial charge in [0.2, 0.25) is 0 Å². The highest BCUT2D eigenvalue weighted by Gasteiger charge is 2.32. The lowest BCUT2D eigenvalue weighted by atomic mass is 9.69. The number of hydrogen-bond donors (Lipinski definition) is 2. The van der Waals surface area contributed by atoms with E-state index >= 15 is 0 Å². The van der Waals surface area contributed by atoms with E-state index in [1.54, 1.807) is 0 Å². The molecule has 0 aromatic carbocycles. The Morgan fingerprint density at radius 2 is 1.67 bits per heavy atom. The Labute approximate surface area is 74.2 Å². The van der Waals surface area contributed by atoms with E-state index in [9.17, 15) is 4.79 Å². The Morgan fingerprint density at radius 3 is 1.92 bits per heavy atom. The summed E-state index contributed by atoms with van der Waals surface area (Å²) in [5, 5.41) is 10.8. The average molecular weight is 173 g/mol. The molecule has 0 heterocycles. The molecule has 3 nitrogen and oxygen atoms in total. The normalized spacial score (nSPS) is 12.8. The minimum atomic E-state index is -0.952. The molecule has 0 aromatic rings. The summed E-state index contributed by atoms with van der Waals surface area (Å²) in [7, 11) is 0. The van der Waals surface area contributed by atoms with Gasteiger partial charge in [-0.15, -0.1) is 0 Å². The van der Waals surface area contributed by atoms with Crippen molar-refractivity contribution in [3.8, 4) is 0 Å². The van der Waals surface area contributed by atoms with Crippen molar-refractivity contribution < 1.29 is 9.90 Å². The van der Waals surface area contributed by atoms with Gasteiger partial charge in [0.05, 0.1) is 0 Å². The molecule has 0 aliphatic carbocycles. The third-order valence-electron chi connectivity index (χ3n) is 2.71. The summed E-state index contributed by atoms with van der Waals surface area (Å²) in [6.45, 7) is 10.9. The summed E-state index contributed by atoms with van der Waals surface area (Å²) in [4.78, 5) is 10.3. The molecule has 1 amide bonds. The first-order chi connectivity index (χ1) is 5.17. The Bertz CT molecular complexity index is 168. The van der Waals surface area contributed by atoms with Gasteiger partial charge >= 0.3 is 6.09 Å². The fraction of sp³-hybridized carbons (Fsp3) is 0.889. The highest BCUT2D eigenvalue weighted by molar-refractivity contribution is 5.64. The number of carbonyl (C=O) groups is 1. The van der Waals surface area contributed by atoms with Gasteiger partial charge in [-0.1, -0.05) is 34.6 Å². The maximum atomic E-state index is 10.3. The standard InChI is InChI=1S/C9H19NO2/c1-8(2,3)9(4,5)6-10-7(11)12/h10H,6H2,1-5H3,(H,11,12). The minimum absolute atomic E-state index is 0.0224. The highest BCUT2D eigenvalue weighted by atomic mass is 16.4. The minimum Gasteiger partial charge on any atom is -0.465 e. The smallest absolute Gasteiger partial charge is 0.404 e. The molecule has 0 aliphatic heterocycles. The van der Waals surface area contributed by atoms with Crippen LogP contribution < -0.4 is 5.32 Å². The Kier molecular flexibility index (Phi) is 3.13. The van der Waals surface area contributed by atoms with Crippen molar-refractivity contribution in [3.05, 3.63) is 0 Å². The van der Waals surface area contributed by atoms with Gasteiger partial charge in [0.1, 0.15) is 0 Å². The summed E-state index contributed by atoms with van der Waals surface area (Å²) in [5.41, 5.74) is 0.0842. The van der Waals surface area contributed by atoms with Crippen LogP contribution in [0.3, 0.4) is 0 Å². The Balaban J connectivity index is 4.14. The number of amides is 1. The van der Waals surface area contributed by atoms with E-state index in [0.717, 1.165) is 0 Å². The second-order valence-corrected chi connectivity index (χ2v) is 4.79. The molecule has 0 rings (SSSR count). The van der Waals surface area contributed by atoms with E-state index < -0.39 is 6.09 Å². The van der Waals surface area contributed by atoms with Crippen molar-refractivity contribution in [2.45, 2.75) is 34.6 Å². The average Bonchev–Trinajstić information content (AvgIpc) is 1.81. The summed E-state index contributed by atoms with van der Waals surface area (Å²) in [6, 6.07) is 0. The predicted molar refractivity (Wildman–Crippen MR) is 49.3 cm³/mol. The maximum absolute atomic E-state index is 10.3. The second-order valence-electron chi connectivity index (χ2n) is 4.79. The van der Waals surface area contributed by atoms with Crippen LogP contribution in [0.15, 0.2) is 0 Å². The molecule has 3 heteroatoms. The lowest BCUT2D eigenvalue weighted by molar-refractivity contribution is 0.124. The largest absolute Gasteiger partial charge is 0.465 e. The SMILES string of the molecule is CC(C)(C)C(C)(C)CNC(=O)O. The summed E-state index contributed by atoms with van der Waals surface area (Å²) >= 11 is 0. The molecule has 0 radical (unpaired) electrons. The fourth-order valence-electron chi connectivity index (χ4n) is 0.562. The number of carboxylic acid groups (broad SMARTS) is 1. The van der Waals surface area contributed by atoms with Crippen molar-refractivity contribution in [1.29, 1.82) is 0 Å². The highest BCUT2D eigenvalue weighted by Crippen LogP contribution is 2.36. The molecule has 0 unspecified atom stereocenters. The molecule has 12 heavy (non-hydrogen) atoms. The molecule has 0 atom stereocenters. The van der Waals surface area contributed by atoms with Crippen LogP contribution in [-0.2, 0) is 0 Å². The molecule has 0 aromatic heterocycles. The zero-order valence-electron chi connectivity index (χ0n) is 8.56. The zero-order chi connectivity index (χ0) is 9.99. The van der Waals surface area contributed by atoms with Gasteiger partial charge in [-0.25, -0.2) is 4.79 Å². The van der Waals surface area contributed by atoms with Crippen molar-refractivity contribution in [3.63, 3.8) is 0 Å². The molecule has 0 spiro atoms. The number of rotatable bonds is 2. The van der Waals surface area contributed by atoms with Crippen LogP contribution in [0.2, 0.25) is 0 Å². The van der Waals surface area contributed by atoms with Crippen LogP contribution in [0.5, 0.6) is 0 Å². The van der Waals surface area contributed by atoms with Crippen LogP contribution >= 0.6 is 0 Å². The first-order valence-electron chi connectivity index (χ1n) is 4.13. The molecular weight excluding hydrogens is 154 g/mol. The van der Waals surface area contributed by atoms with Crippen LogP contribution in [0, 0.1) is 10.8 Å². The van der Waals surface area contributed by atoms with Gasteiger partial charge in [0.15, 0.2) is 0 Å². The van der Waals surface area contributed by atoms with E-state index in [-0.39, 0.29) is 10.8 Å². The third-order valence-corrected chi connectivity index (χ3v) is 2.71. The van der Waals surface area contributed by atoms with E-state index in [1.165, 1.54) is 0 Å². The van der Waals surface area contributed by atoms with Gasteiger partial charge in [0.25, 0.3) is 0 Å². The van der Waals surface area contributed by atoms with Crippen LogP contribution in [-0.4, -0.2) is 17.7 Å². The molecule has 0 aliphatic rings. The Hall–Kier alpha value is -0.730. The number of hydrogen-bond acceptors (Lipinski definition) is 1. The summed E-state index contributed by atoms with van der Waals surface area (Å²) < 4.78 is 0. The molecule has 0 saturated carbocycles. The lowest BCUT2D eigenvalue weighted by Crippen LogP contribution is -2.41. The van der Waals surface area contributed by atoms with E-state index in [0.29, 0.717) is 6.54 Å². The molecular formula is C9H19NO2. The van der Waals surface area contributed by atoms with Gasteiger partial charge in [-0.05, 0) is 10.8 Å². The maximum Gasteiger partial charge on any atom is 0.404 e. The van der Waals surface area contributed by atoms with Gasteiger partial charge in [0, 0.05) is 6.54 Å². The quantitative estimate of drug-likeness (QED) is 0.673.